The fourth-order valence-electron chi connectivity index (χ4n) is 2.76. The van der Waals surface area contributed by atoms with E-state index in [0.29, 0.717) is 6.61 Å². The van der Waals surface area contributed by atoms with Crippen LogP contribution in [0.15, 0.2) is 78.5 Å². The van der Waals surface area contributed by atoms with Crippen molar-refractivity contribution in [3.8, 4) is 0 Å². The van der Waals surface area contributed by atoms with Gasteiger partial charge in [-0.2, -0.15) is 10.2 Å². The normalized spacial score (nSPS) is 12.0. The first-order valence-electron chi connectivity index (χ1n) is 9.01. The third-order valence-corrected chi connectivity index (χ3v) is 4.16. The zero-order valence-corrected chi connectivity index (χ0v) is 16.9. The molecule has 0 radical (unpaired) electrons. The molecule has 2 aromatic heterocycles. The molecule has 0 fully saturated rings. The molecule has 1 aromatic carbocycles. The Morgan fingerprint density at radius 3 is 2.38 bits per heavy atom. The smallest absolute Gasteiger partial charge is 0.271 e. The van der Waals surface area contributed by atoms with Crippen molar-refractivity contribution >= 4 is 29.1 Å². The summed E-state index contributed by atoms with van der Waals surface area (Å²) < 4.78 is 9.46. The molecule has 0 spiro atoms. The van der Waals surface area contributed by atoms with E-state index in [1.54, 1.807) is 34.0 Å². The number of aliphatic imine (C=N–C) groups is 1. The summed E-state index contributed by atoms with van der Waals surface area (Å²) in [6.07, 6.45) is 11.7. The van der Waals surface area contributed by atoms with Gasteiger partial charge in [-0.1, -0.05) is 24.4 Å². The molecule has 0 atom stereocenters. The summed E-state index contributed by atoms with van der Waals surface area (Å²) in [6.45, 7) is 2.46. The fourth-order valence-corrected chi connectivity index (χ4v) is 2.88. The summed E-state index contributed by atoms with van der Waals surface area (Å²) in [4.78, 5) is 5.39. The van der Waals surface area contributed by atoms with Crippen molar-refractivity contribution in [2.24, 2.45) is 10.7 Å². The molecule has 150 valence electrons. The summed E-state index contributed by atoms with van der Waals surface area (Å²) in [6, 6.07) is 11.6. The predicted molar refractivity (Wildman–Crippen MR) is 118 cm³/mol. The molecule has 8 nitrogen and oxygen atoms in total. The second kappa shape index (κ2) is 9.76. The lowest BCUT2D eigenvalue weighted by molar-refractivity contribution is 0.0142. The highest BCUT2D eigenvalue weighted by atomic mass is 32.1. The molecular weight excluding hydrogens is 386 g/mol. The van der Waals surface area contributed by atoms with Crippen LogP contribution in [0.3, 0.4) is 0 Å². The Labute approximate surface area is 174 Å². The van der Waals surface area contributed by atoms with Crippen molar-refractivity contribution in [1.82, 2.24) is 19.6 Å². The average molecular weight is 410 g/mol. The first-order valence-corrected chi connectivity index (χ1v) is 9.41. The molecule has 0 saturated carbocycles. The number of nitrogens with zero attached hydrogens (tertiary/aromatic N) is 5. The Balaban J connectivity index is 1.79. The van der Waals surface area contributed by atoms with E-state index in [9.17, 15) is 0 Å². The van der Waals surface area contributed by atoms with E-state index in [1.165, 1.54) is 6.20 Å². The maximum absolute atomic E-state index is 6.05. The van der Waals surface area contributed by atoms with Gasteiger partial charge in [0.25, 0.3) is 5.79 Å². The van der Waals surface area contributed by atoms with Crippen molar-refractivity contribution in [1.29, 1.82) is 0 Å². The topological polar surface area (TPSA) is 95.3 Å². The molecule has 3 rings (SSSR count). The second-order valence-corrected chi connectivity index (χ2v) is 6.82. The number of hydrogen-bond acceptors (Lipinski definition) is 6. The molecule has 9 heteroatoms. The Hall–Kier alpha value is -3.30. The lowest BCUT2D eigenvalue weighted by Crippen LogP contribution is -2.44. The number of ether oxygens (including phenoxy) is 1. The summed E-state index contributed by atoms with van der Waals surface area (Å²) in [7, 11) is 0. The summed E-state index contributed by atoms with van der Waals surface area (Å²) in [5, 5.41) is 11.9. The Morgan fingerprint density at radius 2 is 1.86 bits per heavy atom. The molecular formula is C20H23N7OS. The van der Waals surface area contributed by atoms with E-state index in [1.807, 2.05) is 55.7 Å². The number of nitrogens with one attached hydrogen (secondary N) is 1. The van der Waals surface area contributed by atoms with Crippen LogP contribution in [0.4, 0.5) is 5.69 Å². The van der Waals surface area contributed by atoms with Gasteiger partial charge in [0.2, 0.25) is 0 Å². The van der Waals surface area contributed by atoms with Crippen molar-refractivity contribution < 1.29 is 4.74 Å². The van der Waals surface area contributed by atoms with Crippen LogP contribution in [0, 0.1) is 0 Å². The van der Waals surface area contributed by atoms with E-state index in [4.69, 9.17) is 22.7 Å². The van der Waals surface area contributed by atoms with E-state index >= 15 is 0 Å². The van der Waals surface area contributed by atoms with Crippen molar-refractivity contribution in [3.05, 3.63) is 79.0 Å². The van der Waals surface area contributed by atoms with Crippen LogP contribution < -0.4 is 11.1 Å². The van der Waals surface area contributed by atoms with Gasteiger partial charge in [0.05, 0.1) is 11.6 Å². The third kappa shape index (κ3) is 5.15. The highest BCUT2D eigenvalue weighted by Gasteiger charge is 2.35. The maximum atomic E-state index is 6.05. The number of anilines is 1. The fraction of sp³-hybridized carbons (Fsp3) is 0.200. The number of rotatable bonds is 9. The minimum atomic E-state index is -1.01. The highest BCUT2D eigenvalue weighted by Crippen LogP contribution is 2.21. The van der Waals surface area contributed by atoms with Crippen LogP contribution in [0.1, 0.15) is 12.5 Å². The Bertz CT molecular complexity index is 913. The minimum absolute atomic E-state index is 0.213. The van der Waals surface area contributed by atoms with Crippen LogP contribution in [0.25, 0.3) is 0 Å². The molecule has 0 aliphatic heterocycles. The average Bonchev–Trinajstić information content (AvgIpc) is 3.42. The molecule has 0 amide bonds. The number of allylic oxidation sites excluding steroid dienone is 1. The van der Waals surface area contributed by atoms with Crippen LogP contribution in [-0.4, -0.2) is 37.4 Å². The molecule has 0 bridgehead atoms. The van der Waals surface area contributed by atoms with E-state index in [2.05, 4.69) is 20.5 Å². The minimum Gasteiger partial charge on any atom is -0.405 e. The van der Waals surface area contributed by atoms with E-state index < -0.39 is 5.79 Å². The number of hydrogen-bond donors (Lipinski definition) is 2. The molecule has 0 aliphatic rings. The zero-order valence-electron chi connectivity index (χ0n) is 16.0. The van der Waals surface area contributed by atoms with E-state index in [-0.39, 0.29) is 6.61 Å². The number of nitrogens with two attached hydrogens (primary N) is 1. The zero-order chi connectivity index (χ0) is 20.5. The van der Waals surface area contributed by atoms with Gasteiger partial charge >= 0.3 is 0 Å². The summed E-state index contributed by atoms with van der Waals surface area (Å²) in [5.41, 5.74) is 7.42. The molecule has 3 aromatic rings. The Kier molecular flexibility index (Phi) is 6.88. The first kappa shape index (κ1) is 20.4. The summed E-state index contributed by atoms with van der Waals surface area (Å²) in [5.74, 6) is -1.01. The van der Waals surface area contributed by atoms with E-state index in [0.717, 1.165) is 16.2 Å². The van der Waals surface area contributed by atoms with Crippen molar-refractivity contribution in [2.75, 3.05) is 11.9 Å². The standard InChI is InChI=1S/C20H23N7OS/c1-17(29)25-19-7-5-18(6-8-19)15-28-16-20(22-10-2-9-21,26-13-3-11-23-26)27-14-4-12-24-27/h2-14H,15-16,21H2,1H3,(H,25,29). The number of thiocarbonyl (C=S) groups is 1. The van der Waals surface area contributed by atoms with Gasteiger partial charge < -0.3 is 15.8 Å². The number of benzene rings is 1. The van der Waals surface area contributed by atoms with Crippen LogP contribution in [0.2, 0.25) is 0 Å². The summed E-state index contributed by atoms with van der Waals surface area (Å²) >= 11 is 5.06. The third-order valence-electron chi connectivity index (χ3n) is 4.06. The second-order valence-electron chi connectivity index (χ2n) is 6.21. The van der Waals surface area contributed by atoms with Gasteiger partial charge in [-0.3, -0.25) is 0 Å². The number of aromatic nitrogens is 4. The molecule has 0 saturated heterocycles. The molecule has 0 unspecified atom stereocenters. The predicted octanol–water partition coefficient (Wildman–Crippen LogP) is 2.76. The molecule has 3 N–H and O–H groups in total. The van der Waals surface area contributed by atoms with Crippen LogP contribution >= 0.6 is 12.2 Å². The van der Waals surface area contributed by atoms with Gasteiger partial charge in [-0.15, -0.1) is 0 Å². The Morgan fingerprint density at radius 1 is 1.21 bits per heavy atom. The van der Waals surface area contributed by atoms with Crippen LogP contribution in [-0.2, 0) is 17.1 Å². The monoisotopic (exact) mass is 409 g/mol. The maximum Gasteiger partial charge on any atom is 0.271 e. The quantitative estimate of drug-likeness (QED) is 0.417. The molecule has 0 aliphatic carbocycles. The van der Waals surface area contributed by atoms with Crippen LogP contribution in [0.5, 0.6) is 0 Å². The lowest BCUT2D eigenvalue weighted by atomic mass is 10.2. The van der Waals surface area contributed by atoms with Gasteiger partial charge in [-0.25, -0.2) is 14.4 Å². The largest absolute Gasteiger partial charge is 0.405 e. The lowest BCUT2D eigenvalue weighted by Gasteiger charge is -2.30. The first-order chi connectivity index (χ1) is 14.1. The van der Waals surface area contributed by atoms with Gasteiger partial charge in [0, 0.05) is 36.7 Å². The SMILES string of the molecule is CC(=S)Nc1ccc(COCC(N=CC=CN)(n2cccn2)n2cccn2)cc1. The molecule has 2 heterocycles. The van der Waals surface area contributed by atoms with Gasteiger partial charge in [0.15, 0.2) is 0 Å². The van der Waals surface area contributed by atoms with Crippen molar-refractivity contribution in [2.45, 2.75) is 19.3 Å². The highest BCUT2D eigenvalue weighted by molar-refractivity contribution is 7.80. The van der Waals surface area contributed by atoms with Gasteiger partial charge in [0.1, 0.15) is 6.61 Å². The van der Waals surface area contributed by atoms with Gasteiger partial charge in [-0.05, 0) is 49.0 Å². The molecule has 29 heavy (non-hydrogen) atoms. The van der Waals surface area contributed by atoms with Crippen molar-refractivity contribution in [3.63, 3.8) is 0 Å².